The number of carbonyl (C=O) groups excluding carboxylic acids is 1. The van der Waals surface area contributed by atoms with Crippen molar-refractivity contribution in [1.29, 1.82) is 0 Å². The molecule has 1 aromatic heterocycles. The zero-order chi connectivity index (χ0) is 17.3. The van der Waals surface area contributed by atoms with E-state index in [4.69, 9.17) is 5.11 Å². The highest BCUT2D eigenvalue weighted by Crippen LogP contribution is 2.30. The quantitative estimate of drug-likeness (QED) is 0.814. The minimum Gasteiger partial charge on any atom is -0.481 e. The molecule has 0 radical (unpaired) electrons. The number of thiazole rings is 1. The van der Waals surface area contributed by atoms with Gasteiger partial charge in [-0.3, -0.25) is 9.59 Å². The van der Waals surface area contributed by atoms with Crippen LogP contribution < -0.4 is 0 Å². The highest BCUT2D eigenvalue weighted by molar-refractivity contribution is 7.17. The largest absolute Gasteiger partial charge is 0.481 e. The van der Waals surface area contributed by atoms with Gasteiger partial charge in [0.15, 0.2) is 0 Å². The van der Waals surface area contributed by atoms with Crippen LogP contribution in [0.15, 0.2) is 24.3 Å². The molecule has 1 amide bonds. The van der Waals surface area contributed by atoms with Gasteiger partial charge in [0.1, 0.15) is 9.88 Å². The summed E-state index contributed by atoms with van der Waals surface area (Å²) in [5.41, 5.74) is 2.97. The number of carbonyl (C=O) groups is 2. The Kier molecular flexibility index (Phi) is 8.06. The maximum absolute atomic E-state index is 12.7. The van der Waals surface area contributed by atoms with Gasteiger partial charge in [0.2, 0.25) is 0 Å². The number of carboxylic acid groups (broad SMARTS) is 1. The van der Waals surface area contributed by atoms with E-state index in [1.54, 1.807) is 4.90 Å². The lowest BCUT2D eigenvalue weighted by molar-refractivity contribution is -0.141. The van der Waals surface area contributed by atoms with Gasteiger partial charge in [-0.1, -0.05) is 31.2 Å². The summed E-state index contributed by atoms with van der Waals surface area (Å²) in [6, 6.07) is 8.21. The van der Waals surface area contributed by atoms with E-state index >= 15 is 0 Å². The number of likely N-dealkylation sites (tertiary alicyclic amines) is 1. The second-order valence-corrected chi connectivity index (χ2v) is 7.06. The fraction of sp³-hybridized carbons (Fsp3) is 0.389. The Balaban J connectivity index is 0.00000169. The van der Waals surface area contributed by atoms with Crippen LogP contribution in [0.2, 0.25) is 0 Å². The Morgan fingerprint density at radius 3 is 2.46 bits per heavy atom. The first-order valence-electron chi connectivity index (χ1n) is 8.08. The number of aliphatic carboxylic acids is 1. The molecule has 1 saturated heterocycles. The van der Waals surface area contributed by atoms with E-state index in [1.807, 2.05) is 19.1 Å². The van der Waals surface area contributed by atoms with Gasteiger partial charge in [-0.2, -0.15) is 0 Å². The molecule has 3 rings (SSSR count). The number of hydrogen-bond donors (Lipinski definition) is 1. The lowest BCUT2D eigenvalue weighted by Crippen LogP contribution is -2.29. The molecule has 2 aromatic rings. The molecule has 2 heterocycles. The molecule has 1 aliphatic heterocycles. The number of nitrogens with zero attached hydrogens (tertiary/aromatic N) is 2. The average molecular weight is 417 g/mol. The van der Waals surface area contributed by atoms with E-state index in [1.165, 1.54) is 16.9 Å². The van der Waals surface area contributed by atoms with Crippen molar-refractivity contribution in [3.8, 4) is 10.6 Å². The molecule has 1 aromatic carbocycles. The lowest BCUT2D eigenvalue weighted by atomic mass is 10.1. The van der Waals surface area contributed by atoms with E-state index in [-0.39, 0.29) is 37.3 Å². The summed E-state index contributed by atoms with van der Waals surface area (Å²) in [5, 5.41) is 9.91. The molecule has 0 aliphatic carbocycles. The Bertz CT molecular complexity index is 777. The summed E-state index contributed by atoms with van der Waals surface area (Å²) in [4.78, 5) is 30.5. The number of aryl methyl sites for hydroxylation is 2. The maximum Gasteiger partial charge on any atom is 0.308 e. The van der Waals surface area contributed by atoms with E-state index in [9.17, 15) is 9.59 Å². The molecule has 1 aliphatic rings. The van der Waals surface area contributed by atoms with Crippen LogP contribution in [0.5, 0.6) is 0 Å². The maximum atomic E-state index is 12.7. The van der Waals surface area contributed by atoms with Gasteiger partial charge in [-0.05, 0) is 25.3 Å². The molecule has 1 N–H and O–H groups in total. The lowest BCUT2D eigenvalue weighted by Gasteiger charge is -2.14. The third kappa shape index (κ3) is 4.55. The van der Waals surface area contributed by atoms with Crippen molar-refractivity contribution in [3.05, 3.63) is 40.4 Å². The van der Waals surface area contributed by atoms with Crippen LogP contribution in [-0.4, -0.2) is 40.0 Å². The molecule has 0 spiro atoms. The van der Waals surface area contributed by atoms with Crippen LogP contribution in [0, 0.1) is 12.8 Å². The van der Waals surface area contributed by atoms with E-state index < -0.39 is 11.9 Å². The predicted molar refractivity (Wildman–Crippen MR) is 108 cm³/mol. The molecule has 1 atom stereocenters. The summed E-state index contributed by atoms with van der Waals surface area (Å²) in [6.45, 7) is 4.72. The first-order chi connectivity index (χ1) is 11.5. The highest BCUT2D eigenvalue weighted by Gasteiger charge is 2.32. The fourth-order valence-electron chi connectivity index (χ4n) is 2.89. The zero-order valence-corrected chi connectivity index (χ0v) is 17.0. The summed E-state index contributed by atoms with van der Waals surface area (Å²) < 4.78 is 0. The van der Waals surface area contributed by atoms with E-state index in [0.717, 1.165) is 17.0 Å². The van der Waals surface area contributed by atoms with Gasteiger partial charge < -0.3 is 10.0 Å². The highest BCUT2D eigenvalue weighted by atomic mass is 35.5. The number of hydrogen-bond acceptors (Lipinski definition) is 4. The first-order valence-corrected chi connectivity index (χ1v) is 8.90. The fourth-order valence-corrected chi connectivity index (χ4v) is 3.93. The van der Waals surface area contributed by atoms with Crippen LogP contribution >= 0.6 is 36.2 Å². The molecule has 0 bridgehead atoms. The third-order valence-corrected chi connectivity index (χ3v) is 5.62. The van der Waals surface area contributed by atoms with Crippen molar-refractivity contribution in [2.75, 3.05) is 13.1 Å². The summed E-state index contributed by atoms with van der Waals surface area (Å²) in [7, 11) is 0. The average Bonchev–Trinajstić information content (AvgIpc) is 3.21. The Labute approximate surface area is 169 Å². The molecule has 0 saturated carbocycles. The van der Waals surface area contributed by atoms with Crippen molar-refractivity contribution in [2.45, 2.75) is 26.7 Å². The summed E-state index contributed by atoms with van der Waals surface area (Å²) >= 11 is 1.38. The topological polar surface area (TPSA) is 70.5 Å². The second-order valence-electron chi connectivity index (χ2n) is 6.06. The Morgan fingerprint density at radius 2 is 1.92 bits per heavy atom. The van der Waals surface area contributed by atoms with Crippen molar-refractivity contribution in [3.63, 3.8) is 0 Å². The normalized spacial score (nSPS) is 15.9. The minimum absolute atomic E-state index is 0. The molecule has 1 fully saturated rings. The van der Waals surface area contributed by atoms with Gasteiger partial charge in [0.05, 0.1) is 11.6 Å². The molecule has 5 nitrogen and oxygen atoms in total. The van der Waals surface area contributed by atoms with Gasteiger partial charge in [0, 0.05) is 18.7 Å². The standard InChI is InChI=1S/C18H20N2O3S.2ClH/c1-3-12-4-6-13(7-5-12)16-19-11(2)15(24-16)17(21)20-9-8-14(10-20)18(22)23;;/h4-7,14H,3,8-10H2,1-2H3,(H,22,23);2*1H. The number of aromatic nitrogens is 1. The number of carboxylic acids is 1. The van der Waals surface area contributed by atoms with Crippen LogP contribution in [0.25, 0.3) is 10.6 Å². The van der Waals surface area contributed by atoms with Gasteiger partial charge >= 0.3 is 5.97 Å². The molecule has 8 heteroatoms. The van der Waals surface area contributed by atoms with E-state index in [2.05, 4.69) is 24.0 Å². The Morgan fingerprint density at radius 1 is 1.27 bits per heavy atom. The van der Waals surface area contributed by atoms with Crippen LogP contribution in [-0.2, 0) is 11.2 Å². The number of benzene rings is 1. The summed E-state index contributed by atoms with van der Waals surface area (Å²) in [5.74, 6) is -1.39. The van der Waals surface area contributed by atoms with Crippen LogP contribution in [0.3, 0.4) is 0 Å². The zero-order valence-electron chi connectivity index (χ0n) is 14.6. The molecule has 142 valence electrons. The van der Waals surface area contributed by atoms with Crippen LogP contribution in [0.1, 0.15) is 34.3 Å². The SMILES string of the molecule is CCc1ccc(-c2nc(C)c(C(=O)N3CCC(C(=O)O)C3)s2)cc1.Cl.Cl. The third-order valence-electron chi connectivity index (χ3n) is 4.42. The second kappa shape index (κ2) is 9.35. The molecule has 1 unspecified atom stereocenters. The Hall–Kier alpha value is -1.63. The van der Waals surface area contributed by atoms with Crippen molar-refractivity contribution in [2.24, 2.45) is 5.92 Å². The number of halogens is 2. The van der Waals surface area contributed by atoms with Crippen molar-refractivity contribution < 1.29 is 14.7 Å². The number of amides is 1. The number of rotatable bonds is 4. The van der Waals surface area contributed by atoms with Gasteiger partial charge in [0.25, 0.3) is 5.91 Å². The monoisotopic (exact) mass is 416 g/mol. The summed E-state index contributed by atoms with van der Waals surface area (Å²) in [6.07, 6.45) is 1.50. The smallest absolute Gasteiger partial charge is 0.308 e. The molecular formula is C18H22Cl2N2O3S. The first kappa shape index (κ1) is 22.4. The van der Waals surface area contributed by atoms with Crippen LogP contribution in [0.4, 0.5) is 0 Å². The van der Waals surface area contributed by atoms with Gasteiger partial charge in [-0.15, -0.1) is 36.2 Å². The van der Waals surface area contributed by atoms with Crippen molar-refractivity contribution in [1.82, 2.24) is 9.88 Å². The van der Waals surface area contributed by atoms with Crippen molar-refractivity contribution >= 4 is 48.0 Å². The molecule has 26 heavy (non-hydrogen) atoms. The minimum atomic E-state index is -0.831. The van der Waals surface area contributed by atoms with E-state index in [0.29, 0.717) is 23.5 Å². The van der Waals surface area contributed by atoms with Gasteiger partial charge in [-0.25, -0.2) is 4.98 Å². The predicted octanol–water partition coefficient (Wildman–Crippen LogP) is 4.07. The molecular weight excluding hydrogens is 395 g/mol.